The fraction of sp³-hybridized carbons (Fsp3) is 0.973. The lowest BCUT2D eigenvalue weighted by Crippen LogP contribution is -2.60. The maximum Gasteiger partial charge on any atom is 0.249 e. The zero-order valence-electron chi connectivity index (χ0n) is 30.2. The van der Waals surface area contributed by atoms with Crippen LogP contribution in [0.1, 0.15) is 162 Å². The van der Waals surface area contributed by atoms with Crippen LogP contribution in [0.3, 0.4) is 0 Å². The Hall–Kier alpha value is -0.890. The van der Waals surface area contributed by atoms with Crippen LogP contribution < -0.4 is 5.32 Å². The van der Waals surface area contributed by atoms with Crippen molar-refractivity contribution in [1.82, 2.24) is 5.32 Å². The van der Waals surface area contributed by atoms with Gasteiger partial charge >= 0.3 is 0 Å². The second kappa shape index (κ2) is 28.8. The van der Waals surface area contributed by atoms with Crippen molar-refractivity contribution in [3.63, 3.8) is 0 Å². The summed E-state index contributed by atoms with van der Waals surface area (Å²) >= 11 is 0. The third-order valence-electron chi connectivity index (χ3n) is 9.66. The maximum atomic E-state index is 12.9. The third-order valence-corrected chi connectivity index (χ3v) is 9.66. The molecule has 0 radical (unpaired) electrons. The number of aliphatic hydroxyl groups excluding tert-OH is 7. The molecule has 0 bridgehead atoms. The molecule has 0 aliphatic carbocycles. The summed E-state index contributed by atoms with van der Waals surface area (Å²) in [7, 11) is 0. The van der Waals surface area contributed by atoms with Crippen molar-refractivity contribution in [3.8, 4) is 0 Å². The standard InChI is InChI=1S/C37H73NO10/c1-3-5-7-9-11-13-14-15-16-17-19-20-22-24-29(40)32(42)28(27-47-37-35(45)34(44)33(43)31(26-39)48-37)38-36(46)30(41)25-23-21-18-12-10-8-6-4-2/h28-35,37,39-45H,3-27H2,1-2H3,(H,38,46). The molecule has 0 spiro atoms. The number of rotatable bonds is 31. The van der Waals surface area contributed by atoms with Crippen LogP contribution in [0, 0.1) is 0 Å². The van der Waals surface area contributed by atoms with Gasteiger partial charge in [0.05, 0.1) is 25.4 Å². The van der Waals surface area contributed by atoms with Crippen LogP contribution in [-0.2, 0) is 14.3 Å². The van der Waals surface area contributed by atoms with E-state index in [2.05, 4.69) is 19.2 Å². The molecule has 1 aliphatic rings. The number of aliphatic hydroxyl groups is 7. The summed E-state index contributed by atoms with van der Waals surface area (Å²) in [5.74, 6) is -0.701. The molecule has 0 saturated carbocycles. The molecule has 11 heteroatoms. The van der Waals surface area contributed by atoms with Gasteiger partial charge in [-0.25, -0.2) is 0 Å². The average molecular weight is 692 g/mol. The molecule has 1 rings (SSSR count). The molecule has 9 atom stereocenters. The highest BCUT2D eigenvalue weighted by Crippen LogP contribution is 2.23. The molecule has 11 nitrogen and oxygen atoms in total. The Morgan fingerprint density at radius 2 is 1.08 bits per heavy atom. The number of hydrogen-bond donors (Lipinski definition) is 8. The molecule has 9 unspecified atom stereocenters. The quantitative estimate of drug-likeness (QED) is 0.0485. The highest BCUT2D eigenvalue weighted by atomic mass is 16.7. The molecule has 8 N–H and O–H groups in total. The Balaban J connectivity index is 2.56. The summed E-state index contributed by atoms with van der Waals surface area (Å²) in [4.78, 5) is 12.9. The number of unbranched alkanes of at least 4 members (excludes halogenated alkanes) is 19. The lowest BCUT2D eigenvalue weighted by Gasteiger charge is -2.40. The first-order valence-electron chi connectivity index (χ1n) is 19.4. The molecule has 0 aromatic carbocycles. The number of ether oxygens (including phenoxy) is 2. The molecule has 286 valence electrons. The van der Waals surface area contributed by atoms with Crippen LogP contribution in [0.2, 0.25) is 0 Å². The van der Waals surface area contributed by atoms with Crippen molar-refractivity contribution in [2.45, 2.75) is 217 Å². The number of carbonyl (C=O) groups excluding carboxylic acids is 1. The predicted octanol–water partition coefficient (Wildman–Crippen LogP) is 4.38. The lowest BCUT2D eigenvalue weighted by molar-refractivity contribution is -0.303. The highest BCUT2D eigenvalue weighted by molar-refractivity contribution is 5.80. The Morgan fingerprint density at radius 3 is 1.54 bits per heavy atom. The van der Waals surface area contributed by atoms with Crippen molar-refractivity contribution in [1.29, 1.82) is 0 Å². The predicted molar refractivity (Wildman–Crippen MR) is 187 cm³/mol. The first-order valence-corrected chi connectivity index (χ1v) is 19.4. The van der Waals surface area contributed by atoms with Crippen LogP contribution in [0.4, 0.5) is 0 Å². The van der Waals surface area contributed by atoms with Crippen molar-refractivity contribution in [3.05, 3.63) is 0 Å². The van der Waals surface area contributed by atoms with Gasteiger partial charge in [0, 0.05) is 0 Å². The summed E-state index contributed by atoms with van der Waals surface area (Å²) < 4.78 is 11.0. The van der Waals surface area contributed by atoms with E-state index in [-0.39, 0.29) is 6.42 Å². The van der Waals surface area contributed by atoms with Gasteiger partial charge in [0.15, 0.2) is 6.29 Å². The van der Waals surface area contributed by atoms with Gasteiger partial charge in [-0.2, -0.15) is 0 Å². The van der Waals surface area contributed by atoms with E-state index in [0.29, 0.717) is 19.3 Å². The largest absolute Gasteiger partial charge is 0.394 e. The number of carbonyl (C=O) groups is 1. The van der Waals surface area contributed by atoms with Gasteiger partial charge in [0.1, 0.15) is 36.6 Å². The summed E-state index contributed by atoms with van der Waals surface area (Å²) in [5.41, 5.74) is 0. The minimum absolute atomic E-state index is 0.263. The minimum atomic E-state index is -1.65. The molecule has 48 heavy (non-hydrogen) atoms. The monoisotopic (exact) mass is 692 g/mol. The Bertz CT molecular complexity index is 760. The number of amides is 1. The molecular formula is C37H73NO10. The van der Waals surface area contributed by atoms with Crippen molar-refractivity contribution >= 4 is 5.91 Å². The lowest BCUT2D eigenvalue weighted by atomic mass is 9.98. The summed E-state index contributed by atoms with van der Waals surface area (Å²) in [6.07, 6.45) is 13.2. The van der Waals surface area contributed by atoms with E-state index in [4.69, 9.17) is 9.47 Å². The van der Waals surface area contributed by atoms with E-state index in [9.17, 15) is 40.5 Å². The zero-order valence-corrected chi connectivity index (χ0v) is 30.2. The van der Waals surface area contributed by atoms with Gasteiger partial charge in [-0.1, -0.05) is 149 Å². The molecular weight excluding hydrogens is 618 g/mol. The van der Waals surface area contributed by atoms with Gasteiger partial charge in [-0.15, -0.1) is 0 Å². The Labute approximate surface area is 290 Å². The van der Waals surface area contributed by atoms with Gasteiger partial charge in [-0.05, 0) is 12.8 Å². The van der Waals surface area contributed by atoms with E-state index in [1.54, 1.807) is 0 Å². The van der Waals surface area contributed by atoms with E-state index < -0.39 is 74.2 Å². The fourth-order valence-electron chi connectivity index (χ4n) is 6.32. The molecule has 0 aromatic rings. The summed E-state index contributed by atoms with van der Waals surface area (Å²) in [5, 5.41) is 75.0. The first kappa shape index (κ1) is 45.1. The van der Waals surface area contributed by atoms with E-state index in [0.717, 1.165) is 38.5 Å². The zero-order chi connectivity index (χ0) is 35.6. The first-order chi connectivity index (χ1) is 23.2. The Morgan fingerprint density at radius 1 is 0.646 bits per heavy atom. The fourth-order valence-corrected chi connectivity index (χ4v) is 6.32. The molecule has 0 aromatic heterocycles. The minimum Gasteiger partial charge on any atom is -0.394 e. The van der Waals surface area contributed by atoms with Crippen molar-refractivity contribution in [2.24, 2.45) is 0 Å². The van der Waals surface area contributed by atoms with Gasteiger partial charge in [-0.3, -0.25) is 4.79 Å². The molecule has 1 amide bonds. The van der Waals surface area contributed by atoms with E-state index in [1.807, 2.05) is 0 Å². The smallest absolute Gasteiger partial charge is 0.249 e. The SMILES string of the molecule is CCCCCCCCCCCCCCCC(O)C(O)C(COC1OC(CO)C(O)C(O)C1O)NC(=O)C(O)CCCCCCCCCC. The molecule has 1 fully saturated rings. The van der Waals surface area contributed by atoms with Crippen molar-refractivity contribution in [2.75, 3.05) is 13.2 Å². The van der Waals surface area contributed by atoms with Crippen LogP contribution in [0.25, 0.3) is 0 Å². The highest BCUT2D eigenvalue weighted by Gasteiger charge is 2.44. The van der Waals surface area contributed by atoms with Gasteiger partial charge in [0.2, 0.25) is 5.91 Å². The third kappa shape index (κ3) is 19.5. The molecule has 1 saturated heterocycles. The van der Waals surface area contributed by atoms with Crippen LogP contribution in [0.15, 0.2) is 0 Å². The van der Waals surface area contributed by atoms with Gasteiger partial charge < -0.3 is 50.5 Å². The van der Waals surface area contributed by atoms with Crippen LogP contribution >= 0.6 is 0 Å². The second-order valence-electron chi connectivity index (χ2n) is 14.0. The molecule has 1 aliphatic heterocycles. The number of nitrogens with one attached hydrogen (secondary N) is 1. The van der Waals surface area contributed by atoms with Gasteiger partial charge in [0.25, 0.3) is 0 Å². The van der Waals surface area contributed by atoms with E-state index >= 15 is 0 Å². The summed E-state index contributed by atoms with van der Waals surface area (Å²) in [6.45, 7) is 3.36. The van der Waals surface area contributed by atoms with Crippen LogP contribution in [-0.4, -0.2) is 110 Å². The average Bonchev–Trinajstić information content (AvgIpc) is 3.08. The summed E-state index contributed by atoms with van der Waals surface area (Å²) in [6, 6.07) is -1.16. The molecule has 1 heterocycles. The normalized spacial score (nSPS) is 23.9. The number of hydrogen-bond acceptors (Lipinski definition) is 10. The Kier molecular flexibility index (Phi) is 27.0. The topological polar surface area (TPSA) is 189 Å². The van der Waals surface area contributed by atoms with Crippen molar-refractivity contribution < 1.29 is 50.0 Å². The van der Waals surface area contributed by atoms with Crippen LogP contribution in [0.5, 0.6) is 0 Å². The van der Waals surface area contributed by atoms with E-state index in [1.165, 1.54) is 83.5 Å². The maximum absolute atomic E-state index is 12.9. The second-order valence-corrected chi connectivity index (χ2v) is 14.0.